The third-order valence-electron chi connectivity index (χ3n) is 4.62. The zero-order valence-corrected chi connectivity index (χ0v) is 16.6. The molecule has 0 aliphatic heterocycles. The first-order valence-corrected chi connectivity index (χ1v) is 9.83. The molecule has 0 saturated heterocycles. The van der Waals surface area contributed by atoms with E-state index in [1.165, 1.54) is 12.1 Å². The lowest BCUT2D eigenvalue weighted by Gasteiger charge is -2.23. The van der Waals surface area contributed by atoms with Crippen molar-refractivity contribution in [3.8, 4) is 11.8 Å². The van der Waals surface area contributed by atoms with E-state index >= 15 is 0 Å². The Bertz CT molecular complexity index is 998. The molecule has 0 bridgehead atoms. The minimum absolute atomic E-state index is 0.0275. The summed E-state index contributed by atoms with van der Waals surface area (Å²) in [4.78, 5) is 14.6. The average Bonchev–Trinajstić information content (AvgIpc) is 2.77. The number of amides is 1. The van der Waals surface area contributed by atoms with Crippen LogP contribution in [0, 0.1) is 17.1 Å². The smallest absolute Gasteiger partial charge is 0.223 e. The van der Waals surface area contributed by atoms with Gasteiger partial charge in [0.2, 0.25) is 5.91 Å². The van der Waals surface area contributed by atoms with Crippen LogP contribution in [0.1, 0.15) is 29.5 Å². The van der Waals surface area contributed by atoms with Gasteiger partial charge in [0.1, 0.15) is 11.6 Å². The van der Waals surface area contributed by atoms with Gasteiger partial charge in [-0.15, -0.1) is 0 Å². The molecule has 152 valence electrons. The largest absolute Gasteiger partial charge is 0.494 e. The number of hydrogen-bond donors (Lipinski definition) is 0. The van der Waals surface area contributed by atoms with Gasteiger partial charge in [-0.3, -0.25) is 4.79 Å². The Hall–Kier alpha value is -3.65. The second-order valence-electron chi connectivity index (χ2n) is 6.95. The molecule has 0 aliphatic rings. The highest BCUT2D eigenvalue weighted by atomic mass is 19.1. The maximum Gasteiger partial charge on any atom is 0.223 e. The quantitative estimate of drug-likeness (QED) is 0.469. The fourth-order valence-corrected chi connectivity index (χ4v) is 3.08. The Morgan fingerprint density at radius 1 is 0.933 bits per heavy atom. The van der Waals surface area contributed by atoms with Crippen molar-refractivity contribution in [3.05, 3.63) is 101 Å². The third-order valence-corrected chi connectivity index (χ3v) is 4.62. The normalized spacial score (nSPS) is 10.3. The molecule has 5 heteroatoms. The molecule has 0 unspecified atom stereocenters. The van der Waals surface area contributed by atoms with Crippen molar-refractivity contribution in [2.45, 2.75) is 25.9 Å². The van der Waals surface area contributed by atoms with E-state index in [2.05, 4.69) is 6.07 Å². The lowest BCUT2D eigenvalue weighted by Crippen LogP contribution is -2.30. The SMILES string of the molecule is N#Cc1ccc(CN(Cc2cccc(F)c2)C(=O)CCCOc2ccccc2)cc1. The number of nitriles is 1. The van der Waals surface area contributed by atoms with Crippen molar-refractivity contribution in [1.29, 1.82) is 5.26 Å². The summed E-state index contributed by atoms with van der Waals surface area (Å²) >= 11 is 0. The fourth-order valence-electron chi connectivity index (χ4n) is 3.08. The fraction of sp³-hybridized carbons (Fsp3) is 0.200. The standard InChI is InChI=1S/C25H23FN2O2/c26-23-7-4-6-22(16-23)19-28(18-21-13-11-20(17-27)12-14-21)25(29)10-5-15-30-24-8-2-1-3-9-24/h1-4,6-9,11-14,16H,5,10,15,18-19H2. The highest BCUT2D eigenvalue weighted by Gasteiger charge is 2.15. The molecular weight excluding hydrogens is 379 g/mol. The zero-order valence-electron chi connectivity index (χ0n) is 16.6. The van der Waals surface area contributed by atoms with Gasteiger partial charge < -0.3 is 9.64 Å². The Morgan fingerprint density at radius 2 is 1.67 bits per heavy atom. The van der Waals surface area contributed by atoms with Gasteiger partial charge in [0, 0.05) is 19.5 Å². The molecular formula is C25H23FN2O2. The summed E-state index contributed by atoms with van der Waals surface area (Å²) in [5.74, 6) is 0.425. The van der Waals surface area contributed by atoms with Crippen LogP contribution in [0.25, 0.3) is 0 Å². The molecule has 0 heterocycles. The molecule has 1 amide bonds. The van der Waals surface area contributed by atoms with Crippen LogP contribution in [0.4, 0.5) is 4.39 Å². The van der Waals surface area contributed by atoms with Gasteiger partial charge >= 0.3 is 0 Å². The van der Waals surface area contributed by atoms with Crippen LogP contribution in [0.3, 0.4) is 0 Å². The van der Waals surface area contributed by atoms with Gasteiger partial charge in [-0.1, -0.05) is 42.5 Å². The van der Waals surface area contributed by atoms with Crippen molar-refractivity contribution < 1.29 is 13.9 Å². The Kier molecular flexibility index (Phi) is 7.57. The summed E-state index contributed by atoms with van der Waals surface area (Å²) in [5.41, 5.74) is 2.22. The van der Waals surface area contributed by atoms with Crippen LogP contribution in [-0.4, -0.2) is 17.4 Å². The van der Waals surface area contributed by atoms with Gasteiger partial charge in [-0.05, 0) is 53.9 Å². The van der Waals surface area contributed by atoms with Crippen molar-refractivity contribution in [1.82, 2.24) is 4.90 Å². The molecule has 3 aromatic rings. The van der Waals surface area contributed by atoms with E-state index < -0.39 is 0 Å². The second-order valence-corrected chi connectivity index (χ2v) is 6.95. The van der Waals surface area contributed by atoms with E-state index in [1.54, 1.807) is 29.2 Å². The number of rotatable bonds is 9. The summed E-state index contributed by atoms with van der Waals surface area (Å²) in [6, 6.07) is 25.0. The molecule has 30 heavy (non-hydrogen) atoms. The first kappa shape index (κ1) is 21.1. The van der Waals surface area contributed by atoms with E-state index in [4.69, 9.17) is 10.00 Å². The average molecular weight is 402 g/mol. The maximum atomic E-state index is 13.6. The van der Waals surface area contributed by atoms with Gasteiger partial charge in [0.05, 0.1) is 18.2 Å². The number of halogens is 1. The van der Waals surface area contributed by atoms with E-state index in [0.717, 1.165) is 16.9 Å². The van der Waals surface area contributed by atoms with Gasteiger partial charge in [0.15, 0.2) is 0 Å². The Labute approximate surface area is 176 Å². The Morgan fingerprint density at radius 3 is 2.37 bits per heavy atom. The summed E-state index contributed by atoms with van der Waals surface area (Å²) in [6.07, 6.45) is 0.916. The molecule has 0 N–H and O–H groups in total. The van der Waals surface area contributed by atoms with Crippen molar-refractivity contribution in [2.75, 3.05) is 6.61 Å². The lowest BCUT2D eigenvalue weighted by molar-refractivity contribution is -0.132. The van der Waals surface area contributed by atoms with Gasteiger partial charge in [-0.2, -0.15) is 5.26 Å². The van der Waals surface area contributed by atoms with E-state index in [0.29, 0.717) is 38.1 Å². The van der Waals surface area contributed by atoms with E-state index in [9.17, 15) is 9.18 Å². The van der Waals surface area contributed by atoms with Crippen molar-refractivity contribution in [3.63, 3.8) is 0 Å². The number of ether oxygens (including phenoxy) is 1. The number of hydrogen-bond acceptors (Lipinski definition) is 3. The summed E-state index contributed by atoms with van der Waals surface area (Å²) in [6.45, 7) is 1.15. The molecule has 0 spiro atoms. The highest BCUT2D eigenvalue weighted by Crippen LogP contribution is 2.15. The van der Waals surface area contributed by atoms with Crippen LogP contribution in [0.5, 0.6) is 5.75 Å². The molecule has 3 aromatic carbocycles. The maximum absolute atomic E-state index is 13.6. The molecule has 0 saturated carbocycles. The van der Waals surface area contributed by atoms with E-state index in [-0.39, 0.29) is 11.7 Å². The molecule has 0 atom stereocenters. The molecule has 3 rings (SSSR count). The van der Waals surface area contributed by atoms with Crippen LogP contribution in [0.2, 0.25) is 0 Å². The predicted octanol–water partition coefficient (Wildman–Crippen LogP) is 5.09. The van der Waals surface area contributed by atoms with Gasteiger partial charge in [0.25, 0.3) is 0 Å². The number of benzene rings is 3. The molecule has 0 radical (unpaired) electrons. The highest BCUT2D eigenvalue weighted by molar-refractivity contribution is 5.76. The number of nitrogens with zero attached hydrogens (tertiary/aromatic N) is 2. The minimum Gasteiger partial charge on any atom is -0.494 e. The lowest BCUT2D eigenvalue weighted by atomic mass is 10.1. The first-order valence-electron chi connectivity index (χ1n) is 9.83. The predicted molar refractivity (Wildman–Crippen MR) is 113 cm³/mol. The van der Waals surface area contributed by atoms with E-state index in [1.807, 2.05) is 42.5 Å². The van der Waals surface area contributed by atoms with Crippen LogP contribution in [0.15, 0.2) is 78.9 Å². The summed E-state index contributed by atoms with van der Waals surface area (Å²) in [7, 11) is 0. The Balaban J connectivity index is 1.62. The molecule has 0 fully saturated rings. The second kappa shape index (κ2) is 10.8. The summed E-state index contributed by atoms with van der Waals surface area (Å²) in [5, 5.41) is 8.96. The van der Waals surface area contributed by atoms with Crippen molar-refractivity contribution >= 4 is 5.91 Å². The zero-order chi connectivity index (χ0) is 21.2. The molecule has 0 aromatic heterocycles. The van der Waals surface area contributed by atoms with Gasteiger partial charge in [-0.25, -0.2) is 4.39 Å². The molecule has 4 nitrogen and oxygen atoms in total. The van der Waals surface area contributed by atoms with Crippen LogP contribution < -0.4 is 4.74 Å². The van der Waals surface area contributed by atoms with Crippen molar-refractivity contribution in [2.24, 2.45) is 0 Å². The molecule has 0 aliphatic carbocycles. The monoisotopic (exact) mass is 402 g/mol. The third kappa shape index (κ3) is 6.46. The van der Waals surface area contributed by atoms with Crippen LogP contribution >= 0.6 is 0 Å². The number of para-hydroxylation sites is 1. The number of carbonyl (C=O) groups is 1. The topological polar surface area (TPSA) is 53.3 Å². The number of carbonyl (C=O) groups excluding carboxylic acids is 1. The minimum atomic E-state index is -0.325. The summed E-state index contributed by atoms with van der Waals surface area (Å²) < 4.78 is 19.3. The first-order chi connectivity index (χ1) is 14.6. The van der Waals surface area contributed by atoms with Crippen LogP contribution in [-0.2, 0) is 17.9 Å².